The molecule has 26 fully saturated rings. The number of nitrogens with zero attached hydrogens (tertiary/aromatic N) is 32. The van der Waals surface area contributed by atoms with E-state index in [1.165, 1.54) is 157 Å². The van der Waals surface area contributed by atoms with Crippen LogP contribution in [0.3, 0.4) is 0 Å². The summed E-state index contributed by atoms with van der Waals surface area (Å²) in [5.74, 6) is 0. The highest BCUT2D eigenvalue weighted by atomic mass is 16.3. The van der Waals surface area contributed by atoms with Gasteiger partial charge in [-0.05, 0) is 51.4 Å². The third-order valence-electron chi connectivity index (χ3n) is 29.3. The normalized spacial score (nSPS) is 42.3. The first-order valence-electron chi connectivity index (χ1n) is 35.4. The maximum absolute atomic E-state index is 16.4. The van der Waals surface area contributed by atoms with E-state index in [1.54, 1.807) is 0 Å². The zero-order chi connectivity index (χ0) is 69.6. The average Bonchev–Trinajstić information content (AvgIpc) is 1.47. The summed E-state index contributed by atoms with van der Waals surface area (Å²) in [6.07, 6.45) is -13.3. The van der Waals surface area contributed by atoms with Crippen molar-refractivity contribution in [3.8, 4) is 0 Å². The van der Waals surface area contributed by atoms with Gasteiger partial charge in [0.2, 0.25) is 0 Å². The largest absolute Gasteiger partial charge is 0.326 e. The zero-order valence-electron chi connectivity index (χ0n) is 54.7. The number of hydrogen-bond acceptors (Lipinski definition) is 16. The first kappa shape index (κ1) is 55.0. The van der Waals surface area contributed by atoms with E-state index in [4.69, 9.17) is 0 Å². The fourth-order valence-corrected chi connectivity index (χ4v) is 25.5. The summed E-state index contributed by atoms with van der Waals surface area (Å²) in [5, 5.41) is 0. The van der Waals surface area contributed by atoms with Crippen LogP contribution >= 0.6 is 0 Å². The molecular formula is C56H60N32O16. The fourth-order valence-electron chi connectivity index (χ4n) is 25.5. The van der Waals surface area contributed by atoms with Gasteiger partial charge in [0.15, 0.2) is 96.6 Å². The standard InChI is InChI=1S/C56H60N32O16/c89-37-57-9-61-27-29-65(39(61)91)13-69-31-33-73(43(69)95)17-81-49(101)85-21-77-35-36-79(47(77)99)23-87-51(103)83-19-75-34-32-71(45(75)97)15-67-30-28-63(41(67)93)11-59(37)26-25(57)58-10-62(27)40(92)66(29)14-70(31)44(96)74(33)18-82-50(102)86(55(85)7-3-1-5-53(55,81)82)22-78(35)48(100)80(36)24-88-52(104)84(54(83)6-2-4-8-56(54,87)88)20-76(34)46(98)72(32)16-68(30)42(94)64(28)12-60(26)38(58)90/h25-36H,1-24H2. The molecule has 24 heterocycles. The molecule has 26 aliphatic rings. The van der Waals surface area contributed by atoms with Gasteiger partial charge in [0.05, 0.1) is 0 Å². The van der Waals surface area contributed by atoms with Gasteiger partial charge in [-0.25, -0.2) is 76.7 Å². The van der Waals surface area contributed by atoms with Gasteiger partial charge >= 0.3 is 96.5 Å². The Bertz CT molecular complexity index is 4040. The molecule has 24 aliphatic heterocycles. The molecule has 26 rings (SSSR count). The summed E-state index contributed by atoms with van der Waals surface area (Å²) >= 11 is 0. The van der Waals surface area contributed by atoms with Gasteiger partial charge in [-0.15, -0.1) is 0 Å². The Morgan fingerprint density at radius 3 is 0.346 bits per heavy atom. The smallest absolute Gasteiger partial charge is 0.282 e. The molecule has 0 atom stereocenters. The molecule has 0 bridgehead atoms. The molecule has 0 aromatic carbocycles. The molecule has 48 heteroatoms. The SMILES string of the molecule is O=C1N2CN3C(=O)N4CN5C(=O)N6CN7C(=O)N8CN9C(=O)N%10CN%11C(=O)N%12CN%13C(=O)N%14CN%15C(=O)N%16CN1C1C2N2CN%17C(=O)N(CN%18C(=O)N(CN%19C(=O)N(CN%20C(=O)N(CN%21C(=O)N(CN%22C(=O)N(CN%23C(=O)N(CN1C2=O)C%16C%15%23)C%14C%13%22)C%121CCCCC%11%211)C%10C9%20)C81CCCCC7%191)C6C5%18)C4C3%17. The number of rotatable bonds is 0. The van der Waals surface area contributed by atoms with E-state index in [-0.39, 0.29) is 25.7 Å². The zero-order valence-corrected chi connectivity index (χ0v) is 54.7. The summed E-state index contributed by atoms with van der Waals surface area (Å²) in [7, 11) is 0. The van der Waals surface area contributed by atoms with Crippen LogP contribution in [0.2, 0.25) is 0 Å². The highest BCUT2D eigenvalue weighted by Gasteiger charge is 2.86. The average molecular weight is 1440 g/mol. The van der Waals surface area contributed by atoms with Crippen molar-refractivity contribution in [1.82, 2.24) is 157 Å². The topological polar surface area (TPSA) is 377 Å². The predicted octanol–water partition coefficient (Wildman–Crippen LogP) is -4.92. The van der Waals surface area contributed by atoms with Crippen LogP contribution in [0.1, 0.15) is 51.4 Å². The Morgan fingerprint density at radius 2 is 0.240 bits per heavy atom. The second-order valence-corrected chi connectivity index (χ2v) is 32.1. The summed E-state index contributed by atoms with van der Waals surface area (Å²) in [6.45, 7) is -8.72. The van der Waals surface area contributed by atoms with Gasteiger partial charge in [-0.3, -0.25) is 157 Å². The third kappa shape index (κ3) is 4.88. The lowest BCUT2D eigenvalue weighted by atomic mass is 9.77. The molecule has 4 spiro atoms. The highest BCUT2D eigenvalue weighted by molar-refractivity contribution is 5.98. The first-order chi connectivity index (χ1) is 50.2. The van der Waals surface area contributed by atoms with E-state index in [1.807, 2.05) is 0 Å². The van der Waals surface area contributed by atoms with E-state index in [0.717, 1.165) is 0 Å². The molecule has 32 amide bonds. The maximum Gasteiger partial charge on any atom is 0.326 e. The minimum Gasteiger partial charge on any atom is -0.282 e. The van der Waals surface area contributed by atoms with E-state index in [0.29, 0.717) is 25.7 Å². The Kier molecular flexibility index (Phi) is 8.42. The molecule has 0 unspecified atom stereocenters. The Morgan fingerprint density at radius 1 is 0.144 bits per heavy atom. The second-order valence-electron chi connectivity index (χ2n) is 32.1. The lowest BCUT2D eigenvalue weighted by molar-refractivity contribution is -0.145. The highest BCUT2D eigenvalue weighted by Crippen LogP contribution is 2.65. The number of amides is 32. The second kappa shape index (κ2) is 15.9. The number of hydrogen-bond donors (Lipinski definition) is 0. The van der Waals surface area contributed by atoms with Crippen molar-refractivity contribution in [3.63, 3.8) is 0 Å². The molecule has 0 aromatic rings. The molecule has 24 saturated heterocycles. The van der Waals surface area contributed by atoms with Crippen LogP contribution in [-0.4, -0.2) is 457 Å². The van der Waals surface area contributed by atoms with Crippen molar-refractivity contribution < 1.29 is 76.7 Å². The molecule has 2 saturated carbocycles. The quantitative estimate of drug-likeness (QED) is 0.219. The first-order valence-corrected chi connectivity index (χ1v) is 35.4. The summed E-state index contributed by atoms with van der Waals surface area (Å²) < 4.78 is 0. The van der Waals surface area contributed by atoms with Crippen LogP contribution in [0.5, 0.6) is 0 Å². The Labute approximate surface area is 583 Å². The number of carbonyl (C=O) groups is 16. The minimum atomic E-state index is -1.71. The monoisotopic (exact) mass is 1440 g/mol. The summed E-state index contributed by atoms with van der Waals surface area (Å²) in [5.41, 5.74) is -6.85. The predicted molar refractivity (Wildman–Crippen MR) is 316 cm³/mol. The van der Waals surface area contributed by atoms with Gasteiger partial charge in [0, 0.05) is 0 Å². The van der Waals surface area contributed by atoms with Crippen LogP contribution in [0, 0.1) is 0 Å². The molecule has 0 radical (unpaired) electrons. The molecular weight excluding hydrogens is 1380 g/mol. The number of carbonyl (C=O) groups excluding carboxylic acids is 16. The Balaban J connectivity index is 0.653. The number of urea groups is 16. The lowest BCUT2D eigenvalue weighted by Gasteiger charge is -2.55. The lowest BCUT2D eigenvalue weighted by Crippen LogP contribution is -2.74. The Hall–Kier alpha value is -11.7. The van der Waals surface area contributed by atoms with Crippen LogP contribution in [-0.2, 0) is 0 Å². The van der Waals surface area contributed by atoms with Crippen molar-refractivity contribution in [2.45, 2.75) is 148 Å². The fraction of sp³-hybridized carbons (Fsp3) is 0.714. The van der Waals surface area contributed by atoms with Crippen molar-refractivity contribution in [3.05, 3.63) is 0 Å². The summed E-state index contributed by atoms with van der Waals surface area (Å²) in [4.78, 5) is 300. The maximum atomic E-state index is 16.4. The van der Waals surface area contributed by atoms with E-state index < -0.39 is 300 Å². The molecule has 0 aromatic heterocycles. The van der Waals surface area contributed by atoms with E-state index in [9.17, 15) is 0 Å². The van der Waals surface area contributed by atoms with Crippen molar-refractivity contribution in [1.29, 1.82) is 0 Å². The van der Waals surface area contributed by atoms with Crippen molar-refractivity contribution in [2.75, 3.05) is 107 Å². The van der Waals surface area contributed by atoms with Crippen molar-refractivity contribution in [2.24, 2.45) is 0 Å². The van der Waals surface area contributed by atoms with E-state index in [2.05, 4.69) is 0 Å². The van der Waals surface area contributed by atoms with Crippen LogP contribution in [0.25, 0.3) is 0 Å². The van der Waals surface area contributed by atoms with Crippen LogP contribution < -0.4 is 0 Å². The van der Waals surface area contributed by atoms with E-state index >= 15 is 76.7 Å². The summed E-state index contributed by atoms with van der Waals surface area (Å²) in [6, 6.07) is -11.4. The van der Waals surface area contributed by atoms with Gasteiger partial charge in [-0.1, -0.05) is 0 Å². The van der Waals surface area contributed by atoms with Crippen molar-refractivity contribution >= 4 is 96.5 Å². The van der Waals surface area contributed by atoms with Gasteiger partial charge in [-0.2, -0.15) is 0 Å². The minimum absolute atomic E-state index is 0.101. The third-order valence-corrected chi connectivity index (χ3v) is 29.3. The van der Waals surface area contributed by atoms with Crippen LogP contribution in [0.15, 0.2) is 0 Å². The molecule has 0 N–H and O–H groups in total. The van der Waals surface area contributed by atoms with Gasteiger partial charge in [0.25, 0.3) is 0 Å². The van der Waals surface area contributed by atoms with Crippen LogP contribution in [0.4, 0.5) is 76.7 Å². The van der Waals surface area contributed by atoms with Gasteiger partial charge < -0.3 is 0 Å². The molecule has 48 nitrogen and oxygen atoms in total. The molecule has 2 aliphatic carbocycles. The van der Waals surface area contributed by atoms with Gasteiger partial charge in [0.1, 0.15) is 107 Å². The molecule has 540 valence electrons. The molecule has 104 heavy (non-hydrogen) atoms.